The van der Waals surface area contributed by atoms with Crippen molar-refractivity contribution < 1.29 is 13.9 Å². The van der Waals surface area contributed by atoms with Gasteiger partial charge in [0, 0.05) is 30.8 Å². The quantitative estimate of drug-likeness (QED) is 0.351. The number of aromatic amines is 1. The van der Waals surface area contributed by atoms with E-state index in [0.717, 1.165) is 30.0 Å². The van der Waals surface area contributed by atoms with Gasteiger partial charge in [-0.3, -0.25) is 9.89 Å². The first-order valence-corrected chi connectivity index (χ1v) is 10.5. The van der Waals surface area contributed by atoms with E-state index >= 15 is 0 Å². The fourth-order valence-electron chi connectivity index (χ4n) is 3.47. The number of halogens is 1. The van der Waals surface area contributed by atoms with Crippen LogP contribution >= 0.6 is 0 Å². The van der Waals surface area contributed by atoms with Gasteiger partial charge in [0.1, 0.15) is 17.4 Å². The van der Waals surface area contributed by atoms with Crippen molar-refractivity contribution in [3.05, 3.63) is 77.4 Å². The van der Waals surface area contributed by atoms with Gasteiger partial charge >= 0.3 is 0 Å². The summed E-state index contributed by atoms with van der Waals surface area (Å²) in [5, 5.41) is 13.0. The van der Waals surface area contributed by atoms with Crippen molar-refractivity contribution in [1.82, 2.24) is 15.1 Å². The summed E-state index contributed by atoms with van der Waals surface area (Å²) in [7, 11) is 4.10. The average molecular weight is 436 g/mol. The number of amides is 1. The maximum absolute atomic E-state index is 13.4. The van der Waals surface area contributed by atoms with Crippen molar-refractivity contribution in [3.8, 4) is 5.75 Å². The molecule has 8 heteroatoms. The second kappa shape index (κ2) is 9.65. The predicted octanol–water partition coefficient (Wildman–Crippen LogP) is 3.88. The summed E-state index contributed by atoms with van der Waals surface area (Å²) in [4.78, 5) is 14.3. The van der Waals surface area contributed by atoms with Gasteiger partial charge in [-0.1, -0.05) is 12.1 Å². The number of aromatic nitrogens is 2. The molecule has 0 radical (unpaired) electrons. The number of ether oxygens (including phenoxy) is 1. The smallest absolute Gasteiger partial charge is 0.257 e. The van der Waals surface area contributed by atoms with Crippen LogP contribution in [0.5, 0.6) is 5.75 Å². The van der Waals surface area contributed by atoms with Gasteiger partial charge in [0.05, 0.1) is 23.6 Å². The lowest BCUT2D eigenvalue weighted by molar-refractivity contribution is -0.110. The third-order valence-corrected chi connectivity index (χ3v) is 5.09. The Morgan fingerprint density at radius 2 is 1.97 bits per heavy atom. The largest absolute Gasteiger partial charge is 0.494 e. The molecule has 166 valence electrons. The Morgan fingerprint density at radius 3 is 2.75 bits per heavy atom. The molecule has 0 aliphatic carbocycles. The number of nitrogens with zero attached hydrogens (tertiary/aromatic N) is 2. The Morgan fingerprint density at radius 1 is 1.16 bits per heavy atom. The molecule has 3 aromatic rings. The molecule has 1 aromatic heterocycles. The minimum absolute atomic E-state index is 0.276. The predicted molar refractivity (Wildman–Crippen MR) is 123 cm³/mol. The molecule has 0 saturated carbocycles. The van der Waals surface area contributed by atoms with E-state index in [1.807, 2.05) is 44.4 Å². The number of H-pyrrole nitrogens is 1. The zero-order valence-corrected chi connectivity index (χ0v) is 18.1. The minimum Gasteiger partial charge on any atom is -0.494 e. The van der Waals surface area contributed by atoms with E-state index in [1.165, 1.54) is 12.1 Å². The van der Waals surface area contributed by atoms with Crippen LogP contribution in [0.3, 0.4) is 0 Å². The maximum atomic E-state index is 13.4. The van der Waals surface area contributed by atoms with Gasteiger partial charge in [-0.05, 0) is 56.4 Å². The maximum Gasteiger partial charge on any atom is 0.257 e. The van der Waals surface area contributed by atoms with Gasteiger partial charge < -0.3 is 20.3 Å². The van der Waals surface area contributed by atoms with Crippen molar-refractivity contribution in [2.75, 3.05) is 37.9 Å². The molecule has 32 heavy (non-hydrogen) atoms. The van der Waals surface area contributed by atoms with Crippen LogP contribution in [0.25, 0.3) is 5.57 Å². The third-order valence-electron chi connectivity index (χ3n) is 5.09. The van der Waals surface area contributed by atoms with Crippen LogP contribution in [-0.4, -0.2) is 48.3 Å². The number of anilines is 2. The SMILES string of the molecule is CN(C)CCCOc1ccc(Cc2cc(N/C=C3/C(=O)Nc4cc(F)ccc43)[nH]n2)cc1. The molecule has 0 spiro atoms. The second-order valence-electron chi connectivity index (χ2n) is 7.95. The fourth-order valence-corrected chi connectivity index (χ4v) is 3.47. The van der Waals surface area contributed by atoms with Gasteiger partial charge in [-0.25, -0.2) is 4.39 Å². The molecule has 0 fully saturated rings. The van der Waals surface area contributed by atoms with Crippen LogP contribution in [0.15, 0.2) is 54.7 Å². The Labute approximate surface area is 186 Å². The Kier molecular flexibility index (Phi) is 6.51. The number of carbonyl (C=O) groups excluding carboxylic acids is 1. The monoisotopic (exact) mass is 435 g/mol. The third kappa shape index (κ3) is 5.33. The second-order valence-corrected chi connectivity index (χ2v) is 7.95. The van der Waals surface area contributed by atoms with Crippen LogP contribution in [0, 0.1) is 5.82 Å². The molecule has 0 atom stereocenters. The molecule has 1 aliphatic heterocycles. The van der Waals surface area contributed by atoms with Crippen LogP contribution in [0.4, 0.5) is 15.9 Å². The van der Waals surface area contributed by atoms with Crippen LogP contribution < -0.4 is 15.4 Å². The Bertz CT molecular complexity index is 1120. The first-order chi connectivity index (χ1) is 15.5. The lowest BCUT2D eigenvalue weighted by Gasteiger charge is -2.10. The highest BCUT2D eigenvalue weighted by molar-refractivity contribution is 6.31. The fraction of sp³-hybridized carbons (Fsp3) is 0.250. The van der Waals surface area contributed by atoms with Gasteiger partial charge in [-0.2, -0.15) is 5.10 Å². The van der Waals surface area contributed by atoms with Crippen molar-refractivity contribution in [3.63, 3.8) is 0 Å². The molecule has 0 bridgehead atoms. The first-order valence-electron chi connectivity index (χ1n) is 10.5. The Balaban J connectivity index is 1.33. The summed E-state index contributed by atoms with van der Waals surface area (Å²) in [6.45, 7) is 1.69. The molecule has 2 aromatic carbocycles. The summed E-state index contributed by atoms with van der Waals surface area (Å²) in [5.41, 5.74) is 3.56. The molecule has 2 heterocycles. The molecule has 3 N–H and O–H groups in total. The van der Waals surface area contributed by atoms with Gasteiger partial charge in [0.25, 0.3) is 5.91 Å². The summed E-state index contributed by atoms with van der Waals surface area (Å²) in [6.07, 6.45) is 3.25. The highest BCUT2D eigenvalue weighted by Gasteiger charge is 2.24. The van der Waals surface area contributed by atoms with Crippen LogP contribution in [0.2, 0.25) is 0 Å². The lowest BCUT2D eigenvalue weighted by atomic mass is 10.1. The number of hydrogen-bond donors (Lipinski definition) is 3. The number of nitrogens with one attached hydrogen (secondary N) is 3. The standard InChI is InChI=1S/C24H26FN5O2/c1-30(2)10-3-11-32-19-7-4-16(5-8-19)12-18-14-23(29-28-18)26-15-21-20-9-6-17(25)13-22(20)27-24(21)31/h4-9,13-15H,3,10-12H2,1-2H3,(H,27,31)(H2,26,28,29)/b21-15+. The van der Waals surface area contributed by atoms with E-state index in [9.17, 15) is 9.18 Å². The number of carbonyl (C=O) groups is 1. The lowest BCUT2D eigenvalue weighted by Crippen LogP contribution is -2.15. The van der Waals surface area contributed by atoms with Crippen molar-refractivity contribution in [2.45, 2.75) is 12.8 Å². The topological polar surface area (TPSA) is 82.3 Å². The summed E-state index contributed by atoms with van der Waals surface area (Å²) < 4.78 is 19.1. The van der Waals surface area contributed by atoms with E-state index in [2.05, 4.69) is 25.7 Å². The highest BCUT2D eigenvalue weighted by atomic mass is 19.1. The van der Waals surface area contributed by atoms with Gasteiger partial charge in [0.2, 0.25) is 0 Å². The highest BCUT2D eigenvalue weighted by Crippen LogP contribution is 2.32. The summed E-state index contributed by atoms with van der Waals surface area (Å²) in [6, 6.07) is 14.1. The molecule has 0 saturated heterocycles. The van der Waals surface area contributed by atoms with E-state index in [4.69, 9.17) is 4.74 Å². The zero-order chi connectivity index (χ0) is 22.5. The molecule has 7 nitrogen and oxygen atoms in total. The van der Waals surface area contributed by atoms with Gasteiger partial charge in [0.15, 0.2) is 0 Å². The molecule has 4 rings (SSSR count). The van der Waals surface area contributed by atoms with Crippen molar-refractivity contribution in [1.29, 1.82) is 0 Å². The van der Waals surface area contributed by atoms with Crippen molar-refractivity contribution in [2.24, 2.45) is 0 Å². The zero-order valence-electron chi connectivity index (χ0n) is 18.1. The van der Waals surface area contributed by atoms with Crippen LogP contribution in [-0.2, 0) is 11.2 Å². The summed E-state index contributed by atoms with van der Waals surface area (Å²) in [5.74, 6) is 0.859. The van der Waals surface area contributed by atoms with Gasteiger partial charge in [-0.15, -0.1) is 0 Å². The number of hydrogen-bond acceptors (Lipinski definition) is 5. The Hall–Kier alpha value is -3.65. The molecular weight excluding hydrogens is 409 g/mol. The minimum atomic E-state index is -0.389. The first kappa shape index (κ1) is 21.6. The average Bonchev–Trinajstić information content (AvgIpc) is 3.33. The van der Waals surface area contributed by atoms with Crippen molar-refractivity contribution >= 4 is 23.0 Å². The molecule has 1 aliphatic rings. The summed E-state index contributed by atoms with van der Waals surface area (Å²) >= 11 is 0. The normalized spacial score (nSPS) is 14.0. The number of fused-ring (bicyclic) bond motifs is 1. The van der Waals surface area contributed by atoms with Crippen LogP contribution in [0.1, 0.15) is 23.2 Å². The molecule has 0 unspecified atom stereocenters. The molecular formula is C24H26FN5O2. The van der Waals surface area contributed by atoms with E-state index < -0.39 is 0 Å². The number of rotatable bonds is 9. The van der Waals surface area contributed by atoms with E-state index in [1.54, 1.807) is 12.3 Å². The molecule has 1 amide bonds. The van der Waals surface area contributed by atoms with E-state index in [0.29, 0.717) is 35.7 Å². The number of benzene rings is 2. The van der Waals surface area contributed by atoms with E-state index in [-0.39, 0.29) is 11.7 Å².